The van der Waals surface area contributed by atoms with E-state index in [0.29, 0.717) is 5.69 Å². The van der Waals surface area contributed by atoms with Gasteiger partial charge < -0.3 is 25.7 Å². The van der Waals surface area contributed by atoms with Gasteiger partial charge in [-0.3, -0.25) is 0 Å². The molecular formula is C25H31N3O6S. The first kappa shape index (κ1) is 26.3. The number of nitrogens with zero attached hydrogens (tertiary/aromatic N) is 1. The normalized spacial score (nSPS) is 14.5. The lowest BCUT2D eigenvalue weighted by molar-refractivity contribution is -0.0186. The molecular weight excluding hydrogens is 470 g/mol. The molecule has 9 nitrogen and oxygen atoms in total. The van der Waals surface area contributed by atoms with Crippen molar-refractivity contribution in [1.82, 2.24) is 9.62 Å². The SMILES string of the molecule is CC(C)CN(C[C@](O)(c1ccoc1)[C@H](Cc1ccccc1)NC(=O)O)S(=O)(=O)c1ccc(N)cc1. The topological polar surface area (TPSA) is 146 Å². The van der Waals surface area contributed by atoms with Crippen molar-refractivity contribution in [1.29, 1.82) is 0 Å². The van der Waals surface area contributed by atoms with Gasteiger partial charge in [0.2, 0.25) is 10.0 Å². The third-order valence-electron chi connectivity index (χ3n) is 5.68. The average Bonchev–Trinajstić information content (AvgIpc) is 3.34. The molecule has 2 atom stereocenters. The molecule has 0 saturated heterocycles. The molecule has 10 heteroatoms. The minimum atomic E-state index is -4.06. The Balaban J connectivity index is 2.09. The van der Waals surface area contributed by atoms with Crippen molar-refractivity contribution in [2.75, 3.05) is 18.8 Å². The molecule has 3 rings (SSSR count). The number of hydrogen-bond donors (Lipinski definition) is 4. The van der Waals surface area contributed by atoms with Crippen LogP contribution in [0.1, 0.15) is 25.0 Å². The number of anilines is 1. The Labute approximate surface area is 205 Å². The highest BCUT2D eigenvalue weighted by Crippen LogP contribution is 2.32. The number of carboxylic acid groups (broad SMARTS) is 1. The molecule has 2 aromatic carbocycles. The maximum absolute atomic E-state index is 13.6. The lowest BCUT2D eigenvalue weighted by atomic mass is 9.84. The van der Waals surface area contributed by atoms with Crippen molar-refractivity contribution in [3.05, 3.63) is 84.3 Å². The molecule has 3 aromatic rings. The van der Waals surface area contributed by atoms with E-state index in [4.69, 9.17) is 10.2 Å². The number of sulfonamides is 1. The molecule has 5 N–H and O–H groups in total. The molecule has 0 aliphatic rings. The van der Waals surface area contributed by atoms with Gasteiger partial charge in [-0.15, -0.1) is 0 Å². The summed E-state index contributed by atoms with van der Waals surface area (Å²) >= 11 is 0. The Morgan fingerprint density at radius 3 is 2.31 bits per heavy atom. The van der Waals surface area contributed by atoms with E-state index in [-0.39, 0.29) is 29.3 Å². The molecule has 0 bridgehead atoms. The molecule has 188 valence electrons. The summed E-state index contributed by atoms with van der Waals surface area (Å²) in [6.07, 6.45) is 1.42. The van der Waals surface area contributed by atoms with Gasteiger partial charge in [0.1, 0.15) is 5.60 Å². The number of nitrogens with one attached hydrogen (secondary N) is 1. The molecule has 1 amide bonds. The first-order valence-electron chi connectivity index (χ1n) is 11.2. The van der Waals surface area contributed by atoms with Crippen molar-refractivity contribution in [2.24, 2.45) is 5.92 Å². The van der Waals surface area contributed by atoms with Crippen molar-refractivity contribution < 1.29 is 27.8 Å². The summed E-state index contributed by atoms with van der Waals surface area (Å²) in [5.41, 5.74) is 5.23. The number of nitrogens with two attached hydrogens (primary N) is 1. The van der Waals surface area contributed by atoms with Crippen LogP contribution < -0.4 is 11.1 Å². The number of amides is 1. The molecule has 0 unspecified atom stereocenters. The van der Waals surface area contributed by atoms with Gasteiger partial charge in [0.15, 0.2) is 0 Å². The Kier molecular flexibility index (Phi) is 8.21. The van der Waals surface area contributed by atoms with Crippen LogP contribution in [0.15, 0.2) is 82.5 Å². The van der Waals surface area contributed by atoms with E-state index in [2.05, 4.69) is 5.32 Å². The number of hydrogen-bond acceptors (Lipinski definition) is 6. The highest BCUT2D eigenvalue weighted by Gasteiger charge is 2.44. The van der Waals surface area contributed by atoms with Crippen LogP contribution >= 0.6 is 0 Å². The Morgan fingerprint density at radius 1 is 1.11 bits per heavy atom. The van der Waals surface area contributed by atoms with Gasteiger partial charge in [-0.1, -0.05) is 44.2 Å². The number of aliphatic hydroxyl groups is 1. The van der Waals surface area contributed by atoms with Crippen LogP contribution in [0, 0.1) is 5.92 Å². The standard InChI is InChI=1S/C25H31N3O6S/c1-18(2)15-28(35(32,33)22-10-8-21(26)9-11-22)17-25(31,20-12-13-34-16-20)23(27-24(29)30)14-19-6-4-3-5-7-19/h3-13,16,18,23,27,31H,14-15,17,26H2,1-2H3,(H,29,30)/t23-,25-/m0/s1. The van der Waals surface area contributed by atoms with E-state index < -0.39 is 34.3 Å². The maximum Gasteiger partial charge on any atom is 0.405 e. The maximum atomic E-state index is 13.6. The van der Waals surface area contributed by atoms with Gasteiger partial charge in [-0.25, -0.2) is 13.2 Å². The second-order valence-electron chi connectivity index (χ2n) is 8.89. The minimum Gasteiger partial charge on any atom is -0.472 e. The molecule has 0 saturated carbocycles. The fraction of sp³-hybridized carbons (Fsp3) is 0.320. The van der Waals surface area contributed by atoms with Crippen LogP contribution in [0.25, 0.3) is 0 Å². The first-order valence-corrected chi connectivity index (χ1v) is 12.6. The molecule has 0 aliphatic heterocycles. The molecule has 1 aromatic heterocycles. The van der Waals surface area contributed by atoms with Crippen LogP contribution in [0.5, 0.6) is 0 Å². The van der Waals surface area contributed by atoms with E-state index in [9.17, 15) is 23.4 Å². The minimum absolute atomic E-state index is 0.0210. The summed E-state index contributed by atoms with van der Waals surface area (Å²) in [5.74, 6) is -0.0767. The van der Waals surface area contributed by atoms with Crippen molar-refractivity contribution in [2.45, 2.75) is 36.8 Å². The third-order valence-corrected chi connectivity index (χ3v) is 7.51. The fourth-order valence-corrected chi connectivity index (χ4v) is 5.60. The van der Waals surface area contributed by atoms with Crippen LogP contribution in [-0.4, -0.2) is 48.2 Å². The van der Waals surface area contributed by atoms with Crippen molar-refractivity contribution >= 4 is 21.8 Å². The van der Waals surface area contributed by atoms with Crippen LogP contribution in [0.3, 0.4) is 0 Å². The Hall–Kier alpha value is -3.34. The van der Waals surface area contributed by atoms with Gasteiger partial charge in [0, 0.05) is 24.3 Å². The molecule has 0 spiro atoms. The smallest absolute Gasteiger partial charge is 0.405 e. The number of benzene rings is 2. The van der Waals surface area contributed by atoms with E-state index in [1.54, 1.807) is 12.1 Å². The zero-order valence-corrected chi connectivity index (χ0v) is 20.5. The molecule has 1 heterocycles. The zero-order valence-electron chi connectivity index (χ0n) is 19.7. The lowest BCUT2D eigenvalue weighted by Gasteiger charge is -2.39. The van der Waals surface area contributed by atoms with Gasteiger partial charge in [-0.05, 0) is 48.2 Å². The fourth-order valence-electron chi connectivity index (χ4n) is 3.96. The van der Waals surface area contributed by atoms with Crippen molar-refractivity contribution in [3.63, 3.8) is 0 Å². The van der Waals surface area contributed by atoms with Crippen LogP contribution in [-0.2, 0) is 22.0 Å². The predicted octanol–water partition coefficient (Wildman–Crippen LogP) is 3.28. The summed E-state index contributed by atoms with van der Waals surface area (Å²) < 4.78 is 33.7. The second kappa shape index (κ2) is 10.9. The van der Waals surface area contributed by atoms with E-state index in [1.807, 2.05) is 32.0 Å². The van der Waals surface area contributed by atoms with Crippen LogP contribution in [0.4, 0.5) is 10.5 Å². The highest BCUT2D eigenvalue weighted by molar-refractivity contribution is 7.89. The van der Waals surface area contributed by atoms with E-state index in [1.165, 1.54) is 47.2 Å². The summed E-state index contributed by atoms with van der Waals surface area (Å²) in [7, 11) is -4.06. The largest absolute Gasteiger partial charge is 0.472 e. The monoisotopic (exact) mass is 501 g/mol. The van der Waals surface area contributed by atoms with Crippen molar-refractivity contribution in [3.8, 4) is 0 Å². The van der Waals surface area contributed by atoms with Gasteiger partial charge in [0.05, 0.1) is 23.5 Å². The third kappa shape index (κ3) is 6.41. The van der Waals surface area contributed by atoms with E-state index >= 15 is 0 Å². The van der Waals surface area contributed by atoms with Gasteiger partial charge in [0.25, 0.3) is 0 Å². The zero-order chi connectivity index (χ0) is 25.6. The number of carbonyl (C=O) groups is 1. The number of nitrogen functional groups attached to an aromatic ring is 1. The predicted molar refractivity (Wildman–Crippen MR) is 132 cm³/mol. The quantitative estimate of drug-likeness (QED) is 0.295. The average molecular weight is 502 g/mol. The lowest BCUT2D eigenvalue weighted by Crippen LogP contribution is -2.57. The van der Waals surface area contributed by atoms with Gasteiger partial charge >= 0.3 is 6.09 Å². The highest BCUT2D eigenvalue weighted by atomic mass is 32.2. The summed E-state index contributed by atoms with van der Waals surface area (Å²) in [6, 6.07) is 15.3. The molecule has 0 radical (unpaired) electrons. The molecule has 0 fully saturated rings. The number of furan rings is 1. The Bertz CT molecular complexity index is 1200. The number of rotatable bonds is 11. The summed E-state index contributed by atoms with van der Waals surface area (Å²) in [5, 5.41) is 24.0. The Morgan fingerprint density at radius 2 is 1.77 bits per heavy atom. The van der Waals surface area contributed by atoms with Gasteiger partial charge in [-0.2, -0.15) is 4.31 Å². The summed E-state index contributed by atoms with van der Waals surface area (Å²) in [4.78, 5) is 11.8. The second-order valence-corrected chi connectivity index (χ2v) is 10.8. The molecule has 0 aliphatic carbocycles. The van der Waals surface area contributed by atoms with Crippen LogP contribution in [0.2, 0.25) is 0 Å². The summed E-state index contributed by atoms with van der Waals surface area (Å²) in [6.45, 7) is 3.41. The first-order chi connectivity index (χ1) is 16.5. The van der Waals surface area contributed by atoms with E-state index in [0.717, 1.165) is 5.56 Å². The molecule has 35 heavy (non-hydrogen) atoms.